The molecule has 0 saturated carbocycles. The molecule has 0 aliphatic carbocycles. The molecule has 160 valence electrons. The molecule has 0 atom stereocenters. The van der Waals surface area contributed by atoms with Gasteiger partial charge in [0.25, 0.3) is 5.91 Å². The van der Waals surface area contributed by atoms with E-state index >= 15 is 0 Å². The number of nitrogens with zero attached hydrogens (tertiary/aromatic N) is 6. The average molecular weight is 423 g/mol. The molecule has 1 aromatic carbocycles. The van der Waals surface area contributed by atoms with Crippen molar-refractivity contribution in [1.82, 2.24) is 34.9 Å². The first-order valence-electron chi connectivity index (χ1n) is 9.44. The first-order chi connectivity index (χ1) is 15.1. The van der Waals surface area contributed by atoms with Crippen molar-refractivity contribution in [3.8, 4) is 28.9 Å². The minimum Gasteiger partial charge on any atom is -0.497 e. The summed E-state index contributed by atoms with van der Waals surface area (Å²) in [6.45, 7) is 0.505. The Morgan fingerprint density at radius 2 is 1.97 bits per heavy atom. The lowest BCUT2D eigenvalue weighted by Crippen LogP contribution is -2.28. The highest BCUT2D eigenvalue weighted by molar-refractivity contribution is 5.96. The average Bonchev–Trinajstić information content (AvgIpc) is 3.39. The SMILES string of the molecule is COc1cccc(-c2nnc3ccc(OCCNC(=O)c4cn(C)nc4OC)nn23)c1. The molecule has 0 unspecified atom stereocenters. The van der Waals surface area contributed by atoms with Crippen molar-refractivity contribution >= 4 is 11.6 Å². The zero-order chi connectivity index (χ0) is 21.8. The van der Waals surface area contributed by atoms with Gasteiger partial charge in [0.1, 0.15) is 17.9 Å². The molecule has 3 heterocycles. The molecule has 1 N–H and O–H groups in total. The van der Waals surface area contributed by atoms with Crippen LogP contribution in [0.2, 0.25) is 0 Å². The number of rotatable bonds is 8. The van der Waals surface area contributed by atoms with Gasteiger partial charge in [0.2, 0.25) is 11.8 Å². The van der Waals surface area contributed by atoms with E-state index in [0.29, 0.717) is 28.7 Å². The maximum absolute atomic E-state index is 12.3. The van der Waals surface area contributed by atoms with Gasteiger partial charge in [-0.25, -0.2) is 0 Å². The lowest BCUT2D eigenvalue weighted by Gasteiger charge is -2.08. The highest BCUT2D eigenvalue weighted by Crippen LogP contribution is 2.23. The van der Waals surface area contributed by atoms with Crippen molar-refractivity contribution in [1.29, 1.82) is 0 Å². The largest absolute Gasteiger partial charge is 0.497 e. The van der Waals surface area contributed by atoms with Crippen LogP contribution in [0, 0.1) is 0 Å². The van der Waals surface area contributed by atoms with E-state index in [1.807, 2.05) is 24.3 Å². The van der Waals surface area contributed by atoms with Gasteiger partial charge in [0, 0.05) is 24.9 Å². The Morgan fingerprint density at radius 3 is 2.77 bits per heavy atom. The molecule has 0 bridgehead atoms. The van der Waals surface area contributed by atoms with Gasteiger partial charge in [0.05, 0.1) is 20.8 Å². The predicted molar refractivity (Wildman–Crippen MR) is 110 cm³/mol. The molecule has 1 amide bonds. The monoisotopic (exact) mass is 423 g/mol. The lowest BCUT2D eigenvalue weighted by atomic mass is 10.2. The van der Waals surface area contributed by atoms with Gasteiger partial charge in [-0.05, 0) is 18.2 Å². The second-order valence-corrected chi connectivity index (χ2v) is 6.53. The molecule has 0 aliphatic heterocycles. The quantitative estimate of drug-likeness (QED) is 0.422. The van der Waals surface area contributed by atoms with Gasteiger partial charge >= 0.3 is 0 Å². The molecule has 4 rings (SSSR count). The Balaban J connectivity index is 1.41. The maximum atomic E-state index is 12.3. The van der Waals surface area contributed by atoms with Crippen molar-refractivity contribution in [2.45, 2.75) is 0 Å². The number of hydrogen-bond acceptors (Lipinski definition) is 8. The lowest BCUT2D eigenvalue weighted by molar-refractivity contribution is 0.0943. The van der Waals surface area contributed by atoms with E-state index in [4.69, 9.17) is 14.2 Å². The van der Waals surface area contributed by atoms with Crippen LogP contribution in [0.3, 0.4) is 0 Å². The fourth-order valence-corrected chi connectivity index (χ4v) is 2.98. The third-order valence-corrected chi connectivity index (χ3v) is 4.44. The minimum absolute atomic E-state index is 0.226. The number of fused-ring (bicyclic) bond motifs is 1. The van der Waals surface area contributed by atoms with Gasteiger partial charge in [-0.3, -0.25) is 9.48 Å². The number of nitrogens with one attached hydrogen (secondary N) is 1. The van der Waals surface area contributed by atoms with Crippen LogP contribution < -0.4 is 19.5 Å². The molecule has 11 nitrogen and oxygen atoms in total. The summed E-state index contributed by atoms with van der Waals surface area (Å²) in [4.78, 5) is 12.3. The zero-order valence-corrected chi connectivity index (χ0v) is 17.3. The van der Waals surface area contributed by atoms with E-state index in [9.17, 15) is 4.79 Å². The zero-order valence-electron chi connectivity index (χ0n) is 17.3. The fourth-order valence-electron chi connectivity index (χ4n) is 2.98. The Morgan fingerprint density at radius 1 is 1.10 bits per heavy atom. The Labute approximate surface area is 177 Å². The highest BCUT2D eigenvalue weighted by Gasteiger charge is 2.16. The molecule has 0 fully saturated rings. The number of aryl methyl sites for hydroxylation is 1. The van der Waals surface area contributed by atoms with Crippen molar-refractivity contribution in [3.63, 3.8) is 0 Å². The molecular formula is C20H21N7O4. The summed E-state index contributed by atoms with van der Waals surface area (Å²) >= 11 is 0. The van der Waals surface area contributed by atoms with E-state index in [2.05, 4.69) is 25.7 Å². The fraction of sp³-hybridized carbons (Fsp3) is 0.250. The van der Waals surface area contributed by atoms with Crippen LogP contribution >= 0.6 is 0 Å². The van der Waals surface area contributed by atoms with Gasteiger partial charge in [-0.2, -0.15) is 4.52 Å². The number of carbonyl (C=O) groups excluding carboxylic acids is 1. The summed E-state index contributed by atoms with van der Waals surface area (Å²) in [7, 11) is 4.79. The van der Waals surface area contributed by atoms with E-state index in [0.717, 1.165) is 5.56 Å². The van der Waals surface area contributed by atoms with Crippen LogP contribution in [0.4, 0.5) is 0 Å². The molecule has 11 heteroatoms. The van der Waals surface area contributed by atoms with Crippen molar-refractivity contribution in [3.05, 3.63) is 48.2 Å². The van der Waals surface area contributed by atoms with E-state index in [1.54, 1.807) is 37.0 Å². The summed E-state index contributed by atoms with van der Waals surface area (Å²) in [6.07, 6.45) is 1.59. The Kier molecular flexibility index (Phi) is 5.65. The number of hydrogen-bond donors (Lipinski definition) is 1. The molecule has 0 aliphatic rings. The normalized spacial score (nSPS) is 10.8. The van der Waals surface area contributed by atoms with Crippen LogP contribution in [0.1, 0.15) is 10.4 Å². The van der Waals surface area contributed by atoms with Gasteiger partial charge in [-0.1, -0.05) is 12.1 Å². The van der Waals surface area contributed by atoms with Crippen molar-refractivity contribution < 1.29 is 19.0 Å². The molecule has 0 radical (unpaired) electrons. The van der Waals surface area contributed by atoms with Gasteiger partial charge in [-0.15, -0.1) is 20.4 Å². The number of ether oxygens (including phenoxy) is 3. The van der Waals surface area contributed by atoms with Crippen molar-refractivity contribution in [2.75, 3.05) is 27.4 Å². The number of aromatic nitrogens is 6. The number of amides is 1. The topological polar surface area (TPSA) is 118 Å². The molecule has 0 spiro atoms. The van der Waals surface area contributed by atoms with E-state index in [1.165, 1.54) is 11.8 Å². The third-order valence-electron chi connectivity index (χ3n) is 4.44. The summed E-state index contributed by atoms with van der Waals surface area (Å²) in [5, 5.41) is 19.6. The maximum Gasteiger partial charge on any atom is 0.258 e. The minimum atomic E-state index is -0.295. The van der Waals surface area contributed by atoms with E-state index < -0.39 is 0 Å². The molecule has 0 saturated heterocycles. The highest BCUT2D eigenvalue weighted by atomic mass is 16.5. The second kappa shape index (κ2) is 8.69. The number of benzene rings is 1. The van der Waals surface area contributed by atoms with Gasteiger partial charge in [0.15, 0.2) is 11.5 Å². The Hall–Kier alpha value is -4.15. The second-order valence-electron chi connectivity index (χ2n) is 6.53. The summed E-state index contributed by atoms with van der Waals surface area (Å²) < 4.78 is 19.2. The number of carbonyl (C=O) groups is 1. The summed E-state index contributed by atoms with van der Waals surface area (Å²) in [6, 6.07) is 10.9. The molecule has 31 heavy (non-hydrogen) atoms. The molecule has 4 aromatic rings. The van der Waals surface area contributed by atoms with E-state index in [-0.39, 0.29) is 24.9 Å². The van der Waals surface area contributed by atoms with Crippen LogP contribution in [0.15, 0.2) is 42.6 Å². The van der Waals surface area contributed by atoms with Crippen LogP contribution in [0.5, 0.6) is 17.5 Å². The summed E-state index contributed by atoms with van der Waals surface area (Å²) in [5.41, 5.74) is 1.76. The van der Waals surface area contributed by atoms with Crippen LogP contribution in [-0.4, -0.2) is 62.9 Å². The molecule has 3 aromatic heterocycles. The third kappa shape index (κ3) is 4.25. The van der Waals surface area contributed by atoms with Crippen LogP contribution in [0.25, 0.3) is 17.0 Å². The van der Waals surface area contributed by atoms with Crippen LogP contribution in [-0.2, 0) is 7.05 Å². The standard InChI is InChI=1S/C20H21N7O4/c1-26-12-15(20(25-26)30-3)19(28)21-9-10-31-17-8-7-16-22-23-18(27(16)24-17)13-5-4-6-14(11-13)29-2/h4-8,11-12H,9-10H2,1-3H3,(H,21,28). The first-order valence-corrected chi connectivity index (χ1v) is 9.44. The predicted octanol–water partition coefficient (Wildman–Crippen LogP) is 1.35. The smallest absolute Gasteiger partial charge is 0.258 e. The van der Waals surface area contributed by atoms with Crippen molar-refractivity contribution in [2.24, 2.45) is 7.05 Å². The molecular weight excluding hydrogens is 402 g/mol. The Bertz CT molecular complexity index is 1220. The first kappa shape index (κ1) is 20.1. The van der Waals surface area contributed by atoms with Gasteiger partial charge < -0.3 is 19.5 Å². The summed E-state index contributed by atoms with van der Waals surface area (Å²) in [5.74, 6) is 1.63. The number of methoxy groups -OCH3 is 2.